The quantitative estimate of drug-likeness (QED) is 0.566. The lowest BCUT2D eigenvalue weighted by molar-refractivity contribution is 0.162. The first-order chi connectivity index (χ1) is 3.81. The molecule has 0 saturated carbocycles. The fourth-order valence-corrected chi connectivity index (χ4v) is 0.635. The third kappa shape index (κ3) is 4.09. The first kappa shape index (κ1) is 7.92. The molecule has 0 rings (SSSR count). The molecule has 0 saturated heterocycles. The Kier molecular flexibility index (Phi) is 5.01. The van der Waals surface area contributed by atoms with Gasteiger partial charge in [-0.25, -0.2) is 5.32 Å². The standard InChI is InChI=1S/C6H14NO/c1-3-4-6(8)5-7-2/h6,8H,3-5H2,1-2H3. The molecule has 0 bridgehead atoms. The Morgan fingerprint density at radius 3 is 2.62 bits per heavy atom. The molecule has 2 nitrogen and oxygen atoms in total. The predicted molar refractivity (Wildman–Crippen MR) is 33.8 cm³/mol. The first-order valence-corrected chi connectivity index (χ1v) is 3.05. The van der Waals surface area contributed by atoms with Crippen molar-refractivity contribution in [2.45, 2.75) is 25.9 Å². The lowest BCUT2D eigenvalue weighted by Gasteiger charge is -2.04. The van der Waals surface area contributed by atoms with E-state index < -0.39 is 0 Å². The lowest BCUT2D eigenvalue weighted by Crippen LogP contribution is -2.18. The van der Waals surface area contributed by atoms with Crippen molar-refractivity contribution >= 4 is 0 Å². The Hall–Kier alpha value is -0.0800. The molecule has 2 heteroatoms. The molecule has 0 aliphatic rings. The fourth-order valence-electron chi connectivity index (χ4n) is 0.635. The molecular weight excluding hydrogens is 102 g/mol. The summed E-state index contributed by atoms with van der Waals surface area (Å²) >= 11 is 0. The van der Waals surface area contributed by atoms with Gasteiger partial charge in [-0.05, 0) is 6.42 Å². The van der Waals surface area contributed by atoms with E-state index in [9.17, 15) is 0 Å². The summed E-state index contributed by atoms with van der Waals surface area (Å²) in [6, 6.07) is 0. The molecule has 1 N–H and O–H groups in total. The second-order valence-corrected chi connectivity index (χ2v) is 1.94. The number of hydrogen-bond acceptors (Lipinski definition) is 1. The van der Waals surface area contributed by atoms with Crippen molar-refractivity contribution < 1.29 is 5.11 Å². The number of nitrogens with zero attached hydrogens (tertiary/aromatic N) is 1. The van der Waals surface area contributed by atoms with Crippen LogP contribution < -0.4 is 5.32 Å². The smallest absolute Gasteiger partial charge is 0.0681 e. The average molecular weight is 116 g/mol. The second kappa shape index (κ2) is 5.06. The molecule has 49 valence electrons. The van der Waals surface area contributed by atoms with Crippen molar-refractivity contribution in [2.75, 3.05) is 13.6 Å². The summed E-state index contributed by atoms with van der Waals surface area (Å²) < 4.78 is 0. The molecule has 0 aromatic rings. The highest BCUT2D eigenvalue weighted by molar-refractivity contribution is 4.54. The van der Waals surface area contributed by atoms with E-state index in [1.54, 1.807) is 7.05 Å². The second-order valence-electron chi connectivity index (χ2n) is 1.94. The van der Waals surface area contributed by atoms with Crippen LogP contribution in [0.15, 0.2) is 0 Å². The summed E-state index contributed by atoms with van der Waals surface area (Å²) in [5.74, 6) is 0. The van der Waals surface area contributed by atoms with Crippen LogP contribution in [0, 0.1) is 0 Å². The van der Waals surface area contributed by atoms with Crippen molar-refractivity contribution in [1.82, 2.24) is 5.32 Å². The Bertz CT molecular complexity index is 41.8. The molecule has 0 heterocycles. The van der Waals surface area contributed by atoms with Gasteiger partial charge in [0.2, 0.25) is 0 Å². The minimum Gasteiger partial charge on any atom is -0.392 e. The van der Waals surface area contributed by atoms with Gasteiger partial charge in [-0.1, -0.05) is 13.3 Å². The third-order valence-electron chi connectivity index (χ3n) is 1.02. The molecule has 0 amide bonds. The maximum absolute atomic E-state index is 8.96. The van der Waals surface area contributed by atoms with E-state index in [2.05, 4.69) is 12.2 Å². The fraction of sp³-hybridized carbons (Fsp3) is 1.00. The van der Waals surface area contributed by atoms with Crippen molar-refractivity contribution in [2.24, 2.45) is 0 Å². The zero-order valence-electron chi connectivity index (χ0n) is 5.59. The summed E-state index contributed by atoms with van der Waals surface area (Å²) in [6.07, 6.45) is 1.71. The predicted octanol–water partition coefficient (Wildman–Crippen LogP) is 0.382. The maximum Gasteiger partial charge on any atom is 0.0681 e. The van der Waals surface area contributed by atoms with Gasteiger partial charge in [-0.15, -0.1) is 0 Å². The van der Waals surface area contributed by atoms with E-state index in [-0.39, 0.29) is 6.10 Å². The highest BCUT2D eigenvalue weighted by Crippen LogP contribution is 1.92. The van der Waals surface area contributed by atoms with Crippen molar-refractivity contribution in [3.63, 3.8) is 0 Å². The van der Waals surface area contributed by atoms with Gasteiger partial charge in [-0.3, -0.25) is 0 Å². The number of rotatable bonds is 4. The van der Waals surface area contributed by atoms with E-state index in [1.807, 2.05) is 0 Å². The third-order valence-corrected chi connectivity index (χ3v) is 1.02. The van der Waals surface area contributed by atoms with Crippen LogP contribution in [0.2, 0.25) is 0 Å². The summed E-state index contributed by atoms with van der Waals surface area (Å²) in [6.45, 7) is 2.65. The minimum absolute atomic E-state index is 0.204. The summed E-state index contributed by atoms with van der Waals surface area (Å²) in [5.41, 5.74) is 0. The van der Waals surface area contributed by atoms with Crippen LogP contribution in [-0.4, -0.2) is 24.8 Å². The highest BCUT2D eigenvalue weighted by atomic mass is 16.3. The molecule has 0 fully saturated rings. The zero-order valence-corrected chi connectivity index (χ0v) is 5.59. The molecule has 1 unspecified atom stereocenters. The monoisotopic (exact) mass is 116 g/mol. The first-order valence-electron chi connectivity index (χ1n) is 3.05. The van der Waals surface area contributed by atoms with Gasteiger partial charge in [-0.2, -0.15) is 0 Å². The van der Waals surface area contributed by atoms with Gasteiger partial charge in [0.1, 0.15) is 0 Å². The van der Waals surface area contributed by atoms with Crippen LogP contribution in [0.1, 0.15) is 19.8 Å². The zero-order chi connectivity index (χ0) is 6.41. The Morgan fingerprint density at radius 1 is 1.62 bits per heavy atom. The molecule has 0 aromatic carbocycles. The topological polar surface area (TPSA) is 34.3 Å². The summed E-state index contributed by atoms with van der Waals surface area (Å²) in [7, 11) is 1.72. The molecular formula is C6H14NO. The normalized spacial score (nSPS) is 13.9. The van der Waals surface area contributed by atoms with E-state index >= 15 is 0 Å². The maximum atomic E-state index is 8.96. The Balaban J connectivity index is 2.92. The minimum atomic E-state index is -0.204. The van der Waals surface area contributed by atoms with Gasteiger partial charge in [0.05, 0.1) is 6.10 Å². The van der Waals surface area contributed by atoms with Crippen LogP contribution in [-0.2, 0) is 0 Å². The van der Waals surface area contributed by atoms with E-state index in [0.717, 1.165) is 12.8 Å². The molecule has 8 heavy (non-hydrogen) atoms. The van der Waals surface area contributed by atoms with Gasteiger partial charge < -0.3 is 5.11 Å². The van der Waals surface area contributed by atoms with E-state index in [1.165, 1.54) is 0 Å². The number of hydrogen-bond donors (Lipinski definition) is 1. The van der Waals surface area contributed by atoms with Crippen molar-refractivity contribution in [3.8, 4) is 0 Å². The van der Waals surface area contributed by atoms with Crippen molar-refractivity contribution in [1.29, 1.82) is 0 Å². The number of aliphatic hydroxyl groups excluding tert-OH is 1. The molecule has 0 aliphatic carbocycles. The summed E-state index contributed by atoms with van der Waals surface area (Å²) in [4.78, 5) is 0. The number of likely N-dealkylation sites (N-methyl/N-ethyl adjacent to an activating group) is 1. The van der Waals surface area contributed by atoms with Crippen LogP contribution in [0.25, 0.3) is 0 Å². The van der Waals surface area contributed by atoms with Gasteiger partial charge >= 0.3 is 0 Å². The van der Waals surface area contributed by atoms with Crippen LogP contribution in [0.3, 0.4) is 0 Å². The molecule has 0 aromatic heterocycles. The van der Waals surface area contributed by atoms with E-state index in [4.69, 9.17) is 5.11 Å². The van der Waals surface area contributed by atoms with Crippen LogP contribution >= 0.6 is 0 Å². The Labute approximate surface area is 50.9 Å². The highest BCUT2D eigenvalue weighted by Gasteiger charge is 1.98. The average Bonchev–Trinajstić information content (AvgIpc) is 1.68. The molecule has 1 radical (unpaired) electrons. The van der Waals surface area contributed by atoms with E-state index in [0.29, 0.717) is 6.54 Å². The number of aliphatic hydroxyl groups is 1. The van der Waals surface area contributed by atoms with Gasteiger partial charge in [0.15, 0.2) is 0 Å². The SMILES string of the molecule is CCCC(O)C[N]C. The molecule has 1 atom stereocenters. The van der Waals surface area contributed by atoms with Gasteiger partial charge in [0, 0.05) is 13.6 Å². The summed E-state index contributed by atoms with van der Waals surface area (Å²) in [5, 5.41) is 12.8. The van der Waals surface area contributed by atoms with Crippen LogP contribution in [0.4, 0.5) is 0 Å². The lowest BCUT2D eigenvalue weighted by atomic mass is 10.2. The molecule has 0 spiro atoms. The van der Waals surface area contributed by atoms with Gasteiger partial charge in [0.25, 0.3) is 0 Å². The van der Waals surface area contributed by atoms with Crippen LogP contribution in [0.5, 0.6) is 0 Å². The van der Waals surface area contributed by atoms with Crippen molar-refractivity contribution in [3.05, 3.63) is 0 Å². The Morgan fingerprint density at radius 2 is 2.25 bits per heavy atom. The molecule has 0 aliphatic heterocycles. The largest absolute Gasteiger partial charge is 0.392 e.